The zero-order chi connectivity index (χ0) is 15.0. The Morgan fingerprint density at radius 3 is 3.00 bits per heavy atom. The van der Waals surface area contributed by atoms with Gasteiger partial charge in [-0.15, -0.1) is 11.3 Å². The predicted molar refractivity (Wildman–Crippen MR) is 77.0 cm³/mol. The van der Waals surface area contributed by atoms with E-state index in [9.17, 15) is 13.2 Å². The molecule has 0 unspecified atom stereocenters. The van der Waals surface area contributed by atoms with Crippen LogP contribution in [0.3, 0.4) is 0 Å². The van der Waals surface area contributed by atoms with Crippen LogP contribution in [0, 0.1) is 0 Å². The van der Waals surface area contributed by atoms with Crippen LogP contribution in [0.1, 0.15) is 22.7 Å². The van der Waals surface area contributed by atoms with Crippen LogP contribution in [0.15, 0.2) is 21.7 Å². The van der Waals surface area contributed by atoms with Gasteiger partial charge >= 0.3 is 5.97 Å². The molecule has 0 radical (unpaired) electrons. The second kappa shape index (κ2) is 5.15. The van der Waals surface area contributed by atoms with Gasteiger partial charge in [0.1, 0.15) is 10.0 Å². The number of anilines is 1. The van der Waals surface area contributed by atoms with E-state index in [0.717, 1.165) is 17.8 Å². The topological polar surface area (TPSA) is 90.3 Å². The lowest BCUT2D eigenvalue weighted by molar-refractivity contribution is 0.0590. The lowest BCUT2D eigenvalue weighted by Gasteiger charge is -2.07. The normalized spacial score (nSPS) is 14.0. The number of aryl methyl sites for hydroxylation is 1. The molecule has 1 N–H and O–H groups in total. The number of nitrogens with one attached hydrogen (secondary N) is 1. The van der Waals surface area contributed by atoms with Gasteiger partial charge < -0.3 is 9.30 Å². The summed E-state index contributed by atoms with van der Waals surface area (Å²) >= 11 is 1.10. The number of fused-ring (bicyclic) bond motifs is 1. The van der Waals surface area contributed by atoms with Gasteiger partial charge in [-0.1, -0.05) is 6.07 Å². The second-order valence-electron chi connectivity index (χ2n) is 4.51. The highest BCUT2D eigenvalue weighted by atomic mass is 32.2. The summed E-state index contributed by atoms with van der Waals surface area (Å²) in [6, 6.07) is 3.14. The number of hydrogen-bond acceptors (Lipinski definition) is 6. The van der Waals surface area contributed by atoms with E-state index in [2.05, 4.69) is 9.71 Å². The van der Waals surface area contributed by atoms with Gasteiger partial charge in [0.15, 0.2) is 11.5 Å². The standard InChI is InChI=1S/C12H13N3O4S2/c1-19-12(16)10-11(13-8-4-2-6-15(8)10)14-21(17,18)9-5-3-7-20-9/h3,5,7,14H,2,4,6H2,1H3. The van der Waals surface area contributed by atoms with Crippen molar-refractivity contribution in [3.8, 4) is 0 Å². The van der Waals surface area contributed by atoms with Crippen molar-refractivity contribution in [2.45, 2.75) is 23.6 Å². The summed E-state index contributed by atoms with van der Waals surface area (Å²) in [5.74, 6) is 0.128. The molecule has 0 amide bonds. The van der Waals surface area contributed by atoms with Crippen molar-refractivity contribution >= 4 is 33.1 Å². The fourth-order valence-electron chi connectivity index (χ4n) is 2.29. The van der Waals surface area contributed by atoms with Crippen LogP contribution in [0.25, 0.3) is 0 Å². The SMILES string of the molecule is COC(=O)c1c(NS(=O)(=O)c2cccs2)nc2n1CCC2. The molecule has 3 rings (SSSR count). The molecule has 0 aliphatic carbocycles. The molecule has 3 heterocycles. The molecule has 112 valence electrons. The lowest BCUT2D eigenvalue weighted by atomic mass is 10.3. The van der Waals surface area contributed by atoms with Gasteiger partial charge in [0.25, 0.3) is 10.0 Å². The molecule has 0 saturated heterocycles. The van der Waals surface area contributed by atoms with E-state index >= 15 is 0 Å². The number of ether oxygens (including phenoxy) is 1. The van der Waals surface area contributed by atoms with Crippen LogP contribution in [0.4, 0.5) is 5.82 Å². The van der Waals surface area contributed by atoms with Gasteiger partial charge in [0.05, 0.1) is 7.11 Å². The second-order valence-corrected chi connectivity index (χ2v) is 7.37. The van der Waals surface area contributed by atoms with Crippen LogP contribution >= 0.6 is 11.3 Å². The van der Waals surface area contributed by atoms with Gasteiger partial charge in [0.2, 0.25) is 0 Å². The maximum atomic E-state index is 12.3. The third-order valence-electron chi connectivity index (χ3n) is 3.20. The minimum Gasteiger partial charge on any atom is -0.464 e. The third kappa shape index (κ3) is 2.42. The van der Waals surface area contributed by atoms with Crippen LogP contribution in [-0.4, -0.2) is 31.0 Å². The summed E-state index contributed by atoms with van der Waals surface area (Å²) in [4.78, 5) is 16.1. The largest absolute Gasteiger partial charge is 0.464 e. The molecule has 21 heavy (non-hydrogen) atoms. The zero-order valence-electron chi connectivity index (χ0n) is 11.2. The first-order valence-corrected chi connectivity index (χ1v) is 8.63. The van der Waals surface area contributed by atoms with Gasteiger partial charge in [-0.3, -0.25) is 4.72 Å². The summed E-state index contributed by atoms with van der Waals surface area (Å²) in [5.41, 5.74) is 0.158. The van der Waals surface area contributed by atoms with Gasteiger partial charge in [-0.05, 0) is 17.9 Å². The molecule has 0 atom stereocenters. The third-order valence-corrected chi connectivity index (χ3v) is 5.93. The van der Waals surface area contributed by atoms with Crippen molar-refractivity contribution in [1.82, 2.24) is 9.55 Å². The average molecular weight is 327 g/mol. The number of thiophene rings is 1. The van der Waals surface area contributed by atoms with Crippen LogP contribution in [0.5, 0.6) is 0 Å². The van der Waals surface area contributed by atoms with Gasteiger partial charge in [0, 0.05) is 13.0 Å². The Morgan fingerprint density at radius 1 is 1.52 bits per heavy atom. The van der Waals surface area contributed by atoms with E-state index in [4.69, 9.17) is 4.74 Å². The highest BCUT2D eigenvalue weighted by Crippen LogP contribution is 2.27. The van der Waals surface area contributed by atoms with E-state index in [1.54, 1.807) is 16.0 Å². The highest BCUT2D eigenvalue weighted by molar-refractivity contribution is 7.94. The van der Waals surface area contributed by atoms with Crippen molar-refractivity contribution in [2.24, 2.45) is 0 Å². The van der Waals surface area contributed by atoms with Crippen molar-refractivity contribution in [2.75, 3.05) is 11.8 Å². The first-order valence-electron chi connectivity index (χ1n) is 6.27. The van der Waals surface area contributed by atoms with Crippen molar-refractivity contribution in [3.05, 3.63) is 29.0 Å². The molecule has 2 aromatic heterocycles. The molecular weight excluding hydrogens is 314 g/mol. The van der Waals surface area contributed by atoms with E-state index in [0.29, 0.717) is 18.8 Å². The monoisotopic (exact) mass is 327 g/mol. The number of hydrogen-bond donors (Lipinski definition) is 1. The summed E-state index contributed by atoms with van der Waals surface area (Å²) in [7, 11) is -2.48. The quantitative estimate of drug-likeness (QED) is 0.859. The Balaban J connectivity index is 2.02. The average Bonchev–Trinajstić information content (AvgIpc) is 3.13. The summed E-state index contributed by atoms with van der Waals surface area (Å²) in [5, 5.41) is 1.67. The molecule has 0 spiro atoms. The minimum absolute atomic E-state index is 0.0324. The first-order chi connectivity index (χ1) is 10.0. The lowest BCUT2D eigenvalue weighted by Crippen LogP contribution is -2.17. The Labute approximate surface area is 125 Å². The molecule has 2 aromatic rings. The van der Waals surface area contributed by atoms with Gasteiger partial charge in [-0.2, -0.15) is 0 Å². The van der Waals surface area contributed by atoms with E-state index in [1.807, 2.05) is 0 Å². The maximum Gasteiger partial charge on any atom is 0.358 e. The Morgan fingerprint density at radius 2 is 2.33 bits per heavy atom. The number of carbonyl (C=O) groups excluding carboxylic acids is 1. The fraction of sp³-hybridized carbons (Fsp3) is 0.333. The molecule has 0 saturated carbocycles. The number of nitrogens with zero attached hydrogens (tertiary/aromatic N) is 2. The Bertz CT molecular complexity index is 778. The molecule has 0 aromatic carbocycles. The number of rotatable bonds is 4. The van der Waals surface area contributed by atoms with E-state index in [1.165, 1.54) is 13.2 Å². The molecule has 9 heteroatoms. The van der Waals surface area contributed by atoms with E-state index in [-0.39, 0.29) is 15.7 Å². The Hall–Kier alpha value is -1.87. The molecular formula is C12H13N3O4S2. The van der Waals surface area contributed by atoms with Gasteiger partial charge in [-0.25, -0.2) is 18.2 Å². The Kier molecular flexibility index (Phi) is 3.46. The number of carbonyl (C=O) groups is 1. The molecule has 1 aliphatic heterocycles. The van der Waals surface area contributed by atoms with Crippen molar-refractivity contribution in [3.63, 3.8) is 0 Å². The number of esters is 1. The van der Waals surface area contributed by atoms with Crippen molar-refractivity contribution in [1.29, 1.82) is 0 Å². The summed E-state index contributed by atoms with van der Waals surface area (Å²) < 4.78 is 33.5. The summed E-state index contributed by atoms with van der Waals surface area (Å²) in [6.07, 6.45) is 1.59. The fourth-order valence-corrected chi connectivity index (χ4v) is 4.30. The van der Waals surface area contributed by atoms with Crippen LogP contribution in [0.2, 0.25) is 0 Å². The number of methoxy groups -OCH3 is 1. The van der Waals surface area contributed by atoms with Crippen LogP contribution < -0.4 is 4.72 Å². The highest BCUT2D eigenvalue weighted by Gasteiger charge is 2.29. The smallest absolute Gasteiger partial charge is 0.358 e. The number of imidazole rings is 1. The first kappa shape index (κ1) is 14.1. The summed E-state index contributed by atoms with van der Waals surface area (Å²) in [6.45, 7) is 0.632. The molecule has 7 nitrogen and oxygen atoms in total. The van der Waals surface area contributed by atoms with Crippen molar-refractivity contribution < 1.29 is 17.9 Å². The number of aromatic nitrogens is 2. The molecule has 0 bridgehead atoms. The molecule has 1 aliphatic rings. The van der Waals surface area contributed by atoms with Crippen LogP contribution in [-0.2, 0) is 27.7 Å². The number of sulfonamides is 1. The molecule has 0 fully saturated rings. The van der Waals surface area contributed by atoms with E-state index < -0.39 is 16.0 Å². The zero-order valence-corrected chi connectivity index (χ0v) is 12.8. The maximum absolute atomic E-state index is 12.3. The predicted octanol–water partition coefficient (Wildman–Crippen LogP) is 1.48. The minimum atomic E-state index is -3.74.